The molecule has 0 fully saturated rings. The number of anilines is 1. The molecule has 1 amide bonds. The number of nitriles is 1. The molecule has 0 aliphatic rings. The zero-order valence-corrected chi connectivity index (χ0v) is 12.0. The van der Waals surface area contributed by atoms with Gasteiger partial charge in [0.1, 0.15) is 24.5 Å². The second-order valence-corrected chi connectivity index (χ2v) is 4.86. The Balaban J connectivity index is 2.22. The summed E-state index contributed by atoms with van der Waals surface area (Å²) in [4.78, 5) is 11.3. The maximum atomic E-state index is 11.3. The molecule has 2 aromatic rings. The molecule has 102 valence electrons. The van der Waals surface area contributed by atoms with E-state index in [4.69, 9.17) is 14.8 Å². The molecule has 0 atom stereocenters. The first-order valence-electron chi connectivity index (χ1n) is 5.80. The Labute approximate surface area is 124 Å². The van der Waals surface area contributed by atoms with E-state index in [2.05, 4.69) is 21.2 Å². The Morgan fingerprint density at radius 2 is 2.20 bits per heavy atom. The number of amides is 1. The topological polar surface area (TPSA) is 86.3 Å². The van der Waals surface area contributed by atoms with Crippen molar-refractivity contribution in [3.05, 3.63) is 40.6 Å². The second kappa shape index (κ2) is 6.37. The summed E-state index contributed by atoms with van der Waals surface area (Å²) in [5.41, 5.74) is 1.40. The molecule has 1 aromatic carbocycles. The first kappa shape index (κ1) is 14.3. The van der Waals surface area contributed by atoms with Crippen molar-refractivity contribution in [2.24, 2.45) is 0 Å². The summed E-state index contributed by atoms with van der Waals surface area (Å²) in [6.07, 6.45) is -0.183. The maximum absolute atomic E-state index is 11.3. The van der Waals surface area contributed by atoms with Crippen LogP contribution in [0.2, 0.25) is 0 Å². The van der Waals surface area contributed by atoms with Gasteiger partial charge in [0.2, 0.25) is 5.91 Å². The average Bonchev–Trinajstić information content (AvgIpc) is 2.87. The lowest BCUT2D eigenvalue weighted by Gasteiger charge is -2.06. The van der Waals surface area contributed by atoms with Gasteiger partial charge in [0, 0.05) is 15.7 Å². The maximum Gasteiger partial charge on any atom is 0.238 e. The van der Waals surface area contributed by atoms with Crippen LogP contribution in [0, 0.1) is 11.3 Å². The van der Waals surface area contributed by atoms with Crippen LogP contribution in [0.3, 0.4) is 0 Å². The number of nitrogens with zero attached hydrogens (tertiary/aromatic N) is 1. The number of carbonyl (C=O) groups is 1. The molecule has 0 spiro atoms. The summed E-state index contributed by atoms with van der Waals surface area (Å²) < 4.78 is 6.19. The van der Waals surface area contributed by atoms with E-state index < -0.39 is 0 Å². The monoisotopic (exact) mass is 334 g/mol. The van der Waals surface area contributed by atoms with Crippen LogP contribution in [0.1, 0.15) is 12.2 Å². The number of hydrogen-bond donors (Lipinski definition) is 2. The van der Waals surface area contributed by atoms with Gasteiger partial charge in [0.15, 0.2) is 0 Å². The van der Waals surface area contributed by atoms with Crippen molar-refractivity contribution in [2.45, 2.75) is 13.0 Å². The van der Waals surface area contributed by atoms with Crippen molar-refractivity contribution in [1.29, 1.82) is 5.26 Å². The van der Waals surface area contributed by atoms with E-state index in [1.165, 1.54) is 0 Å². The van der Waals surface area contributed by atoms with Gasteiger partial charge in [-0.2, -0.15) is 5.26 Å². The fourth-order valence-corrected chi connectivity index (χ4v) is 2.25. The normalized spacial score (nSPS) is 10.1. The molecule has 0 aliphatic heterocycles. The van der Waals surface area contributed by atoms with Gasteiger partial charge >= 0.3 is 0 Å². The first-order chi connectivity index (χ1) is 9.63. The molecule has 2 N–H and O–H groups in total. The van der Waals surface area contributed by atoms with E-state index in [-0.39, 0.29) is 18.9 Å². The lowest BCUT2D eigenvalue weighted by Crippen LogP contribution is -2.09. The smallest absolute Gasteiger partial charge is 0.238 e. The van der Waals surface area contributed by atoms with Gasteiger partial charge < -0.3 is 14.8 Å². The first-order valence-corrected chi connectivity index (χ1v) is 6.59. The molecule has 6 heteroatoms. The van der Waals surface area contributed by atoms with Crippen molar-refractivity contribution in [1.82, 2.24) is 0 Å². The molecule has 0 unspecified atom stereocenters. The predicted octanol–water partition coefficient (Wildman–Crippen LogP) is 3.05. The standard InChI is InChI=1S/C14H11BrN2O3/c15-12-7-9(17-14(19)5-6-16)1-3-11(12)13-4-2-10(8-18)20-13/h1-4,7,18H,5,8H2,(H,17,19). The fraction of sp³-hybridized carbons (Fsp3) is 0.143. The van der Waals surface area contributed by atoms with Crippen LogP contribution in [0.4, 0.5) is 5.69 Å². The third kappa shape index (κ3) is 3.26. The summed E-state index contributed by atoms with van der Waals surface area (Å²) in [5.74, 6) is 0.752. The van der Waals surface area contributed by atoms with Gasteiger partial charge in [-0.05, 0) is 46.3 Å². The summed E-state index contributed by atoms with van der Waals surface area (Å²) >= 11 is 3.41. The van der Waals surface area contributed by atoms with Gasteiger partial charge in [0.25, 0.3) is 0 Å². The zero-order chi connectivity index (χ0) is 14.5. The zero-order valence-electron chi connectivity index (χ0n) is 10.4. The average molecular weight is 335 g/mol. The van der Waals surface area contributed by atoms with Gasteiger partial charge in [-0.3, -0.25) is 4.79 Å². The minimum atomic E-state index is -0.354. The Morgan fingerprint density at radius 3 is 2.80 bits per heavy atom. The van der Waals surface area contributed by atoms with Crippen molar-refractivity contribution in [3.63, 3.8) is 0 Å². The van der Waals surface area contributed by atoms with Crippen LogP contribution in [0.15, 0.2) is 39.2 Å². The molecule has 0 saturated carbocycles. The van der Waals surface area contributed by atoms with Gasteiger partial charge in [-0.25, -0.2) is 0 Å². The number of benzene rings is 1. The minimum absolute atomic E-state index is 0.153. The van der Waals surface area contributed by atoms with Crippen LogP contribution in [0.25, 0.3) is 11.3 Å². The predicted molar refractivity (Wildman–Crippen MR) is 76.6 cm³/mol. The lowest BCUT2D eigenvalue weighted by molar-refractivity contribution is -0.115. The van der Waals surface area contributed by atoms with Gasteiger partial charge in [-0.15, -0.1) is 0 Å². The highest BCUT2D eigenvalue weighted by Gasteiger charge is 2.10. The van der Waals surface area contributed by atoms with E-state index in [9.17, 15) is 4.79 Å². The van der Waals surface area contributed by atoms with Crippen LogP contribution in [0.5, 0.6) is 0 Å². The molecule has 0 saturated heterocycles. The number of nitrogens with one attached hydrogen (secondary N) is 1. The highest BCUT2D eigenvalue weighted by atomic mass is 79.9. The molecule has 20 heavy (non-hydrogen) atoms. The third-order valence-electron chi connectivity index (χ3n) is 2.58. The number of hydrogen-bond acceptors (Lipinski definition) is 4. The molecule has 0 aliphatic carbocycles. The Bertz CT molecular complexity index is 673. The van der Waals surface area contributed by atoms with E-state index in [0.717, 1.165) is 10.0 Å². The Hall–Kier alpha value is -2.10. The van der Waals surface area contributed by atoms with Gasteiger partial charge in [0.05, 0.1) is 6.07 Å². The second-order valence-electron chi connectivity index (χ2n) is 4.00. The van der Waals surface area contributed by atoms with Crippen molar-refractivity contribution in [3.8, 4) is 17.4 Å². The highest BCUT2D eigenvalue weighted by Crippen LogP contribution is 2.32. The number of furan rings is 1. The molecular weight excluding hydrogens is 324 g/mol. The lowest BCUT2D eigenvalue weighted by atomic mass is 10.1. The van der Waals surface area contributed by atoms with E-state index in [1.807, 2.05) is 0 Å². The molecule has 1 aromatic heterocycles. The SMILES string of the molecule is N#CCC(=O)Nc1ccc(-c2ccc(CO)o2)c(Br)c1. The van der Waals surface area contributed by atoms with Crippen LogP contribution in [-0.2, 0) is 11.4 Å². The van der Waals surface area contributed by atoms with Gasteiger partial charge in [-0.1, -0.05) is 0 Å². The summed E-state index contributed by atoms with van der Waals surface area (Å²) in [5, 5.41) is 20.0. The summed E-state index contributed by atoms with van der Waals surface area (Å²) in [7, 11) is 0. The summed E-state index contributed by atoms with van der Waals surface area (Å²) in [6, 6.07) is 10.5. The largest absolute Gasteiger partial charge is 0.459 e. The fourth-order valence-electron chi connectivity index (χ4n) is 1.68. The van der Waals surface area contributed by atoms with E-state index >= 15 is 0 Å². The van der Waals surface area contributed by atoms with Crippen LogP contribution < -0.4 is 5.32 Å². The van der Waals surface area contributed by atoms with Crippen LogP contribution >= 0.6 is 15.9 Å². The Kier molecular flexibility index (Phi) is 4.56. The van der Waals surface area contributed by atoms with Crippen molar-refractivity contribution >= 4 is 27.5 Å². The number of halogens is 1. The van der Waals surface area contributed by atoms with E-state index in [1.54, 1.807) is 36.4 Å². The minimum Gasteiger partial charge on any atom is -0.459 e. The molecule has 5 nitrogen and oxygen atoms in total. The molecule has 1 heterocycles. The number of carbonyl (C=O) groups excluding carboxylic acids is 1. The Morgan fingerprint density at radius 1 is 1.40 bits per heavy atom. The number of rotatable bonds is 4. The van der Waals surface area contributed by atoms with Crippen LogP contribution in [-0.4, -0.2) is 11.0 Å². The van der Waals surface area contributed by atoms with Crippen molar-refractivity contribution in [2.75, 3.05) is 5.32 Å². The third-order valence-corrected chi connectivity index (χ3v) is 3.23. The molecule has 0 bridgehead atoms. The number of aliphatic hydroxyl groups excluding tert-OH is 1. The van der Waals surface area contributed by atoms with E-state index in [0.29, 0.717) is 17.2 Å². The molecule has 2 rings (SSSR count). The number of aliphatic hydroxyl groups is 1. The molecule has 0 radical (unpaired) electrons. The quantitative estimate of drug-likeness (QED) is 0.899. The van der Waals surface area contributed by atoms with Crippen molar-refractivity contribution < 1.29 is 14.3 Å². The highest BCUT2D eigenvalue weighted by molar-refractivity contribution is 9.10. The summed E-state index contributed by atoms with van der Waals surface area (Å²) in [6.45, 7) is -0.153. The molecular formula is C14H11BrN2O3.